The molecule has 3 heterocycles. The van der Waals surface area contributed by atoms with Gasteiger partial charge in [0.25, 0.3) is 5.56 Å². The summed E-state index contributed by atoms with van der Waals surface area (Å²) in [5.74, 6) is 0.678. The van der Waals surface area contributed by atoms with Crippen LogP contribution < -0.4 is 10.5 Å². The van der Waals surface area contributed by atoms with Gasteiger partial charge in [0, 0.05) is 42.9 Å². The zero-order valence-electron chi connectivity index (χ0n) is 23.6. The summed E-state index contributed by atoms with van der Waals surface area (Å²) in [6, 6.07) is 22.5. The third-order valence-corrected chi connectivity index (χ3v) is 8.36. The second kappa shape index (κ2) is 10.7. The maximum absolute atomic E-state index is 13.7. The minimum atomic E-state index is -0.380. The average molecular weight is 534 g/mol. The smallest absolute Gasteiger partial charge is 0.253 e. The Labute approximate surface area is 234 Å². The van der Waals surface area contributed by atoms with Gasteiger partial charge in [-0.25, -0.2) is 4.68 Å². The second-order valence-corrected chi connectivity index (χ2v) is 10.9. The van der Waals surface area contributed by atoms with E-state index in [4.69, 9.17) is 0 Å². The van der Waals surface area contributed by atoms with Crippen molar-refractivity contribution in [1.29, 1.82) is 0 Å². The van der Waals surface area contributed by atoms with E-state index >= 15 is 0 Å². The van der Waals surface area contributed by atoms with Crippen molar-refractivity contribution in [2.24, 2.45) is 0 Å². The lowest BCUT2D eigenvalue weighted by Crippen LogP contribution is -2.49. The number of piperazine rings is 1. The summed E-state index contributed by atoms with van der Waals surface area (Å²) in [5.41, 5.74) is 8.75. The van der Waals surface area contributed by atoms with Crippen molar-refractivity contribution in [2.45, 2.75) is 40.3 Å². The van der Waals surface area contributed by atoms with Gasteiger partial charge < -0.3 is 9.88 Å². The number of H-pyrrole nitrogens is 1. The lowest BCUT2D eigenvalue weighted by molar-refractivity contribution is 0.200. The van der Waals surface area contributed by atoms with Crippen LogP contribution in [0.3, 0.4) is 0 Å². The van der Waals surface area contributed by atoms with Crippen molar-refractivity contribution in [2.75, 3.05) is 31.1 Å². The van der Waals surface area contributed by atoms with Crippen molar-refractivity contribution in [3.05, 3.63) is 116 Å². The number of rotatable bonds is 6. The number of aryl methyl sites for hydroxylation is 3. The molecular formula is C32H35N7O. The number of hydrogen-bond donors (Lipinski definition) is 1. The van der Waals surface area contributed by atoms with Gasteiger partial charge in [0.15, 0.2) is 5.82 Å². The van der Waals surface area contributed by atoms with Crippen molar-refractivity contribution < 1.29 is 0 Å². The highest BCUT2D eigenvalue weighted by Gasteiger charge is 2.33. The molecule has 0 saturated carbocycles. The van der Waals surface area contributed by atoms with Crippen molar-refractivity contribution in [3.8, 4) is 0 Å². The summed E-state index contributed by atoms with van der Waals surface area (Å²) in [4.78, 5) is 21.6. The Morgan fingerprint density at radius 1 is 0.850 bits per heavy atom. The highest BCUT2D eigenvalue weighted by Crippen LogP contribution is 2.31. The molecule has 6 rings (SSSR count). The van der Waals surface area contributed by atoms with E-state index in [1.165, 1.54) is 22.4 Å². The van der Waals surface area contributed by atoms with Gasteiger partial charge in [-0.3, -0.25) is 9.69 Å². The Balaban J connectivity index is 1.40. The summed E-state index contributed by atoms with van der Waals surface area (Å²) in [7, 11) is 0. The summed E-state index contributed by atoms with van der Waals surface area (Å²) in [6.45, 7) is 12.3. The molecule has 1 aliphatic heterocycles. The van der Waals surface area contributed by atoms with Crippen LogP contribution >= 0.6 is 0 Å². The molecule has 8 nitrogen and oxygen atoms in total. The number of fused-ring (bicyclic) bond motifs is 1. The molecule has 3 aromatic carbocycles. The minimum Gasteiger partial charge on any atom is -0.369 e. The lowest BCUT2D eigenvalue weighted by Gasteiger charge is -2.40. The van der Waals surface area contributed by atoms with Gasteiger partial charge in [-0.05, 0) is 95.6 Å². The molecule has 40 heavy (non-hydrogen) atoms. The summed E-state index contributed by atoms with van der Waals surface area (Å²) in [5, 5.41) is 14.0. The van der Waals surface area contributed by atoms with Gasteiger partial charge in [0.1, 0.15) is 6.04 Å². The van der Waals surface area contributed by atoms with E-state index in [-0.39, 0.29) is 11.6 Å². The predicted octanol–water partition coefficient (Wildman–Crippen LogP) is 4.71. The van der Waals surface area contributed by atoms with Crippen LogP contribution in [0.2, 0.25) is 0 Å². The molecule has 0 aliphatic carbocycles. The van der Waals surface area contributed by atoms with E-state index in [0.29, 0.717) is 17.9 Å². The van der Waals surface area contributed by atoms with E-state index in [0.717, 1.165) is 48.2 Å². The molecule has 1 fully saturated rings. The number of tetrazole rings is 1. The van der Waals surface area contributed by atoms with E-state index < -0.39 is 0 Å². The predicted molar refractivity (Wildman–Crippen MR) is 159 cm³/mol. The third-order valence-electron chi connectivity index (χ3n) is 8.36. The van der Waals surface area contributed by atoms with Crippen LogP contribution in [0.15, 0.2) is 71.5 Å². The fourth-order valence-electron chi connectivity index (χ4n) is 5.77. The molecule has 0 radical (unpaired) electrons. The number of nitrogens with zero attached hydrogens (tertiary/aromatic N) is 6. The quantitative estimate of drug-likeness (QED) is 0.341. The standard InChI is InChI=1S/C32H35N7O/c1-21-9-8-12-29(24(21)4)37-13-15-38(16-14-37)30(31-34-35-36-39(31)20-25-10-6-5-7-11-25)27-19-26-17-22(2)23(3)18-28(26)33-32(27)40/h5-12,17-19,30H,13-16,20H2,1-4H3,(H,33,40). The van der Waals surface area contributed by atoms with Crippen LogP contribution in [0, 0.1) is 27.7 Å². The normalized spacial score (nSPS) is 15.1. The number of anilines is 1. The number of aromatic amines is 1. The molecule has 5 aromatic rings. The van der Waals surface area contributed by atoms with Crippen LogP contribution in [-0.2, 0) is 6.54 Å². The highest BCUT2D eigenvalue weighted by atomic mass is 16.1. The fraction of sp³-hybridized carbons (Fsp3) is 0.312. The molecule has 1 unspecified atom stereocenters. The second-order valence-electron chi connectivity index (χ2n) is 10.9. The largest absolute Gasteiger partial charge is 0.369 e. The molecule has 0 spiro atoms. The first-order valence-electron chi connectivity index (χ1n) is 13.9. The molecule has 0 bridgehead atoms. The highest BCUT2D eigenvalue weighted by molar-refractivity contribution is 5.81. The topological polar surface area (TPSA) is 82.9 Å². The van der Waals surface area contributed by atoms with Gasteiger partial charge in [0.05, 0.1) is 6.54 Å². The first-order valence-corrected chi connectivity index (χ1v) is 13.9. The zero-order chi connectivity index (χ0) is 27.8. The van der Waals surface area contributed by atoms with Crippen LogP contribution in [-0.4, -0.2) is 56.3 Å². The zero-order valence-corrected chi connectivity index (χ0v) is 23.6. The molecule has 204 valence electrons. The maximum Gasteiger partial charge on any atom is 0.253 e. The van der Waals surface area contributed by atoms with Crippen LogP contribution in [0.5, 0.6) is 0 Å². The average Bonchev–Trinajstić information content (AvgIpc) is 3.40. The first kappa shape index (κ1) is 26.0. The van der Waals surface area contributed by atoms with E-state index in [1.54, 1.807) is 0 Å². The van der Waals surface area contributed by atoms with Crippen LogP contribution in [0.1, 0.15) is 45.2 Å². The molecule has 1 saturated heterocycles. The van der Waals surface area contributed by atoms with Crippen molar-refractivity contribution in [3.63, 3.8) is 0 Å². The Morgan fingerprint density at radius 2 is 1.60 bits per heavy atom. The first-order chi connectivity index (χ1) is 19.4. The Morgan fingerprint density at radius 3 is 2.38 bits per heavy atom. The Bertz CT molecular complexity index is 1720. The number of nitrogens with one attached hydrogen (secondary N) is 1. The van der Waals surface area contributed by atoms with Gasteiger partial charge in [-0.2, -0.15) is 0 Å². The summed E-state index contributed by atoms with van der Waals surface area (Å²) in [6.07, 6.45) is 0. The lowest BCUT2D eigenvalue weighted by atomic mass is 10.00. The number of benzene rings is 3. The van der Waals surface area contributed by atoms with Crippen LogP contribution in [0.25, 0.3) is 10.9 Å². The maximum atomic E-state index is 13.7. The molecule has 2 aromatic heterocycles. The monoisotopic (exact) mass is 533 g/mol. The van der Waals surface area contributed by atoms with E-state index in [9.17, 15) is 4.79 Å². The van der Waals surface area contributed by atoms with Crippen LogP contribution in [0.4, 0.5) is 5.69 Å². The van der Waals surface area contributed by atoms with Gasteiger partial charge in [0.2, 0.25) is 0 Å². The number of hydrogen-bond acceptors (Lipinski definition) is 6. The van der Waals surface area contributed by atoms with Crippen molar-refractivity contribution >= 4 is 16.6 Å². The fourth-order valence-corrected chi connectivity index (χ4v) is 5.77. The number of pyridine rings is 1. The van der Waals surface area contributed by atoms with Gasteiger partial charge >= 0.3 is 0 Å². The minimum absolute atomic E-state index is 0.105. The van der Waals surface area contributed by atoms with Gasteiger partial charge in [-0.15, -0.1) is 5.10 Å². The molecule has 1 atom stereocenters. The Kier molecular flexibility index (Phi) is 6.94. The summed E-state index contributed by atoms with van der Waals surface area (Å²) < 4.78 is 1.83. The molecule has 0 amide bonds. The summed E-state index contributed by atoms with van der Waals surface area (Å²) >= 11 is 0. The van der Waals surface area contributed by atoms with E-state index in [2.05, 4.69) is 94.4 Å². The van der Waals surface area contributed by atoms with Gasteiger partial charge in [-0.1, -0.05) is 42.5 Å². The van der Waals surface area contributed by atoms with E-state index in [1.807, 2.05) is 35.0 Å². The molecule has 1 N–H and O–H groups in total. The number of aromatic nitrogens is 5. The SMILES string of the molecule is Cc1cc2cc(C(c3nnnn3Cc3ccccc3)N3CCN(c4cccc(C)c4C)CC3)c(=O)[nH]c2cc1C. The molecular weight excluding hydrogens is 498 g/mol. The molecule has 8 heteroatoms. The third kappa shape index (κ3) is 4.91. The van der Waals surface area contributed by atoms with Crippen molar-refractivity contribution in [1.82, 2.24) is 30.1 Å². The Hall–Kier alpha value is -4.30. The molecule has 1 aliphatic rings.